The summed E-state index contributed by atoms with van der Waals surface area (Å²) in [7, 11) is -3.85. The molecule has 7 nitrogen and oxygen atoms in total. The third kappa shape index (κ3) is 5.51. The van der Waals surface area contributed by atoms with Gasteiger partial charge in [-0.05, 0) is 24.6 Å². The summed E-state index contributed by atoms with van der Waals surface area (Å²) >= 11 is 0. The Kier molecular flexibility index (Phi) is 5.04. The van der Waals surface area contributed by atoms with Crippen LogP contribution in [0.4, 0.5) is 11.4 Å². The highest BCUT2D eigenvalue weighted by atomic mass is 32.2. The summed E-state index contributed by atoms with van der Waals surface area (Å²) in [6, 6.07) is 5.41. The smallest absolute Gasteiger partial charge is 0.296 e. The van der Waals surface area contributed by atoms with Crippen LogP contribution in [0.25, 0.3) is 0 Å². The molecular weight excluding hydrogens is 268 g/mol. The number of nitrogens with two attached hydrogens (primary N) is 2. The fourth-order valence-corrected chi connectivity index (χ4v) is 1.80. The van der Waals surface area contributed by atoms with Gasteiger partial charge in [0.05, 0.1) is 11.7 Å². The molecule has 0 saturated carbocycles. The predicted molar refractivity (Wildman–Crippen MR) is 74.6 cm³/mol. The Hall–Kier alpha value is -1.90. The van der Waals surface area contributed by atoms with E-state index in [2.05, 4.69) is 16.6 Å². The lowest BCUT2D eigenvalue weighted by atomic mass is 10.2. The van der Waals surface area contributed by atoms with E-state index in [0.29, 0.717) is 12.1 Å². The SMILES string of the molecule is C=CCC(N)C(=O)Nc1cccc(NS(N)(=O)=O)c1. The van der Waals surface area contributed by atoms with Crippen molar-refractivity contribution in [1.82, 2.24) is 0 Å². The van der Waals surface area contributed by atoms with Gasteiger partial charge in [-0.3, -0.25) is 9.52 Å². The van der Waals surface area contributed by atoms with Crippen molar-refractivity contribution in [3.63, 3.8) is 0 Å². The molecule has 0 aliphatic rings. The molecule has 0 aromatic heterocycles. The van der Waals surface area contributed by atoms with Gasteiger partial charge < -0.3 is 11.1 Å². The number of nitrogens with one attached hydrogen (secondary N) is 2. The molecule has 1 aromatic carbocycles. The molecule has 1 amide bonds. The number of hydrogen-bond donors (Lipinski definition) is 4. The van der Waals surface area contributed by atoms with Gasteiger partial charge in [0.2, 0.25) is 5.91 Å². The highest BCUT2D eigenvalue weighted by molar-refractivity contribution is 7.90. The summed E-state index contributed by atoms with van der Waals surface area (Å²) in [6.07, 6.45) is 1.89. The van der Waals surface area contributed by atoms with E-state index >= 15 is 0 Å². The zero-order valence-corrected chi connectivity index (χ0v) is 11.0. The minimum atomic E-state index is -3.85. The fourth-order valence-electron chi connectivity index (χ4n) is 1.35. The number of carbonyl (C=O) groups is 1. The van der Waals surface area contributed by atoms with Gasteiger partial charge in [0.15, 0.2) is 0 Å². The van der Waals surface area contributed by atoms with Crippen molar-refractivity contribution in [2.45, 2.75) is 12.5 Å². The summed E-state index contributed by atoms with van der Waals surface area (Å²) in [5.74, 6) is -0.382. The molecule has 1 aromatic rings. The molecule has 19 heavy (non-hydrogen) atoms. The lowest BCUT2D eigenvalue weighted by Gasteiger charge is -2.11. The minimum Gasteiger partial charge on any atom is -0.325 e. The molecule has 0 spiro atoms. The van der Waals surface area contributed by atoms with Gasteiger partial charge in [-0.2, -0.15) is 8.42 Å². The average Bonchev–Trinajstić information content (AvgIpc) is 2.27. The average molecular weight is 284 g/mol. The molecule has 8 heteroatoms. The molecule has 0 heterocycles. The van der Waals surface area contributed by atoms with E-state index in [1.165, 1.54) is 12.1 Å². The molecular formula is C11H16N4O3S. The molecule has 0 aliphatic heterocycles. The number of carbonyl (C=O) groups excluding carboxylic acids is 1. The van der Waals surface area contributed by atoms with Crippen LogP contribution in [0.15, 0.2) is 36.9 Å². The molecule has 6 N–H and O–H groups in total. The van der Waals surface area contributed by atoms with E-state index in [4.69, 9.17) is 10.9 Å². The minimum absolute atomic E-state index is 0.248. The fraction of sp³-hybridized carbons (Fsp3) is 0.182. The molecule has 0 aliphatic carbocycles. The molecule has 0 fully saturated rings. The normalized spacial score (nSPS) is 12.5. The van der Waals surface area contributed by atoms with E-state index in [1.54, 1.807) is 18.2 Å². The third-order valence-electron chi connectivity index (χ3n) is 2.15. The number of hydrogen-bond acceptors (Lipinski definition) is 4. The number of anilines is 2. The summed E-state index contributed by atoms with van der Waals surface area (Å²) in [5, 5.41) is 7.41. The van der Waals surface area contributed by atoms with Crippen LogP contribution in [-0.2, 0) is 15.0 Å². The van der Waals surface area contributed by atoms with Gasteiger partial charge in [0.25, 0.3) is 10.2 Å². The van der Waals surface area contributed by atoms with Gasteiger partial charge >= 0.3 is 0 Å². The molecule has 104 valence electrons. The quantitative estimate of drug-likeness (QED) is 0.554. The first-order valence-corrected chi connectivity index (χ1v) is 6.94. The Morgan fingerprint density at radius 2 is 2.05 bits per heavy atom. The van der Waals surface area contributed by atoms with Crippen LogP contribution in [0.1, 0.15) is 6.42 Å². The Labute approximate surface area is 111 Å². The highest BCUT2D eigenvalue weighted by Crippen LogP contribution is 2.15. The molecule has 0 bridgehead atoms. The zero-order chi connectivity index (χ0) is 14.5. The van der Waals surface area contributed by atoms with Gasteiger partial charge in [0, 0.05) is 5.69 Å². The van der Waals surface area contributed by atoms with Gasteiger partial charge in [-0.15, -0.1) is 6.58 Å². The standard InChI is InChI=1S/C11H16N4O3S/c1-2-4-10(12)11(16)14-8-5-3-6-9(7-8)15-19(13,17)18/h2-3,5-7,10,15H,1,4,12H2,(H,14,16)(H2,13,17,18). The zero-order valence-electron chi connectivity index (χ0n) is 10.2. The van der Waals surface area contributed by atoms with Crippen molar-refractivity contribution in [3.05, 3.63) is 36.9 Å². The number of benzene rings is 1. The van der Waals surface area contributed by atoms with Gasteiger partial charge in [0.1, 0.15) is 0 Å². The van der Waals surface area contributed by atoms with Gasteiger partial charge in [-0.25, -0.2) is 5.14 Å². The van der Waals surface area contributed by atoms with Crippen LogP contribution in [0.2, 0.25) is 0 Å². The first-order valence-electron chi connectivity index (χ1n) is 5.40. The summed E-state index contributed by atoms with van der Waals surface area (Å²) < 4.78 is 23.9. The van der Waals surface area contributed by atoms with E-state index in [1.807, 2.05) is 0 Å². The number of rotatable bonds is 6. The van der Waals surface area contributed by atoms with Crippen LogP contribution < -0.4 is 20.9 Å². The predicted octanol–water partition coefficient (Wildman–Crippen LogP) is 0.144. The Morgan fingerprint density at radius 1 is 1.42 bits per heavy atom. The first-order chi connectivity index (χ1) is 8.81. The second-order valence-electron chi connectivity index (χ2n) is 3.85. The molecule has 1 atom stereocenters. The van der Waals surface area contributed by atoms with Crippen molar-refractivity contribution in [2.75, 3.05) is 10.0 Å². The van der Waals surface area contributed by atoms with Crippen LogP contribution in [-0.4, -0.2) is 20.4 Å². The third-order valence-corrected chi connectivity index (χ3v) is 2.67. The number of amides is 1. The maximum Gasteiger partial charge on any atom is 0.296 e. The summed E-state index contributed by atoms with van der Waals surface area (Å²) in [6.45, 7) is 3.49. The molecule has 0 radical (unpaired) electrons. The lowest BCUT2D eigenvalue weighted by molar-refractivity contribution is -0.117. The Bertz CT molecular complexity index is 571. The first kappa shape index (κ1) is 15.2. The second-order valence-corrected chi connectivity index (χ2v) is 5.14. The maximum atomic E-state index is 11.7. The van der Waals surface area contributed by atoms with Crippen molar-refractivity contribution in [1.29, 1.82) is 0 Å². The van der Waals surface area contributed by atoms with Gasteiger partial charge in [-0.1, -0.05) is 12.1 Å². The second kappa shape index (κ2) is 6.32. The largest absolute Gasteiger partial charge is 0.325 e. The topological polar surface area (TPSA) is 127 Å². The highest BCUT2D eigenvalue weighted by Gasteiger charge is 2.12. The Balaban J connectivity index is 2.77. The molecule has 1 unspecified atom stereocenters. The monoisotopic (exact) mass is 284 g/mol. The van der Waals surface area contributed by atoms with Crippen LogP contribution in [0.5, 0.6) is 0 Å². The lowest BCUT2D eigenvalue weighted by Crippen LogP contribution is -2.35. The van der Waals surface area contributed by atoms with E-state index < -0.39 is 16.3 Å². The van der Waals surface area contributed by atoms with E-state index in [0.717, 1.165) is 0 Å². The van der Waals surface area contributed by atoms with Crippen LogP contribution in [0.3, 0.4) is 0 Å². The molecule has 1 rings (SSSR count). The van der Waals surface area contributed by atoms with Crippen molar-refractivity contribution < 1.29 is 13.2 Å². The summed E-state index contributed by atoms with van der Waals surface area (Å²) in [4.78, 5) is 11.7. The molecule has 0 saturated heterocycles. The van der Waals surface area contributed by atoms with Crippen molar-refractivity contribution in [2.24, 2.45) is 10.9 Å². The van der Waals surface area contributed by atoms with E-state index in [9.17, 15) is 13.2 Å². The van der Waals surface area contributed by atoms with Crippen LogP contribution >= 0.6 is 0 Å². The van der Waals surface area contributed by atoms with Crippen molar-refractivity contribution in [3.8, 4) is 0 Å². The van der Waals surface area contributed by atoms with E-state index in [-0.39, 0.29) is 11.6 Å². The maximum absolute atomic E-state index is 11.7. The van der Waals surface area contributed by atoms with Crippen molar-refractivity contribution >= 4 is 27.5 Å². The Morgan fingerprint density at radius 3 is 2.63 bits per heavy atom. The van der Waals surface area contributed by atoms with Crippen LogP contribution in [0, 0.1) is 0 Å². The summed E-state index contributed by atoms with van der Waals surface area (Å²) in [5.41, 5.74) is 6.26.